The van der Waals surface area contributed by atoms with Gasteiger partial charge in [0.1, 0.15) is 11.8 Å². The van der Waals surface area contributed by atoms with Crippen molar-refractivity contribution >= 4 is 17.1 Å². The fourth-order valence-corrected chi connectivity index (χ4v) is 1.57. The molecule has 17 heavy (non-hydrogen) atoms. The first-order valence-corrected chi connectivity index (χ1v) is 5.07. The molecule has 0 fully saturated rings. The minimum atomic E-state index is -1.33. The molecule has 2 heterocycles. The van der Waals surface area contributed by atoms with E-state index < -0.39 is 18.3 Å². The molecule has 0 aromatic carbocycles. The van der Waals surface area contributed by atoms with Crippen molar-refractivity contribution in [3.63, 3.8) is 0 Å². The number of fused-ring (bicyclic) bond motifs is 1. The number of nitrogen functional groups attached to an aromatic ring is 1. The van der Waals surface area contributed by atoms with Crippen molar-refractivity contribution in [3.05, 3.63) is 16.7 Å². The monoisotopic (exact) mass is 241 g/mol. The van der Waals surface area contributed by atoms with E-state index in [1.54, 1.807) is 0 Å². The number of alkyl halides is 1. The van der Waals surface area contributed by atoms with Crippen molar-refractivity contribution in [2.75, 3.05) is 12.3 Å². The van der Waals surface area contributed by atoms with Crippen LogP contribution < -0.4 is 11.3 Å². The fourth-order valence-electron chi connectivity index (χ4n) is 1.57. The molecule has 4 N–H and O–H groups in total. The predicted molar refractivity (Wildman–Crippen MR) is 59.2 cm³/mol. The Morgan fingerprint density at radius 3 is 3.12 bits per heavy atom. The van der Waals surface area contributed by atoms with Gasteiger partial charge in [-0.3, -0.25) is 9.36 Å². The zero-order chi connectivity index (χ0) is 12.4. The third-order valence-electron chi connectivity index (χ3n) is 2.45. The lowest BCUT2D eigenvalue weighted by Gasteiger charge is -2.11. The number of aromatic nitrogens is 4. The van der Waals surface area contributed by atoms with Gasteiger partial charge in [-0.2, -0.15) is 4.98 Å². The molecule has 0 radical (unpaired) electrons. The molecule has 0 aliphatic heterocycles. The first-order chi connectivity index (χ1) is 8.13. The molecule has 0 aliphatic carbocycles. The second-order valence-electron chi connectivity index (χ2n) is 3.60. The van der Waals surface area contributed by atoms with Gasteiger partial charge in [-0.05, 0) is 6.42 Å². The number of rotatable bonds is 4. The smallest absolute Gasteiger partial charge is 0.302 e. The van der Waals surface area contributed by atoms with Crippen molar-refractivity contribution < 1.29 is 9.50 Å². The van der Waals surface area contributed by atoms with Gasteiger partial charge >= 0.3 is 5.56 Å². The molecule has 2 aromatic heterocycles. The number of aliphatic hydroxyl groups excluding tert-OH is 1. The van der Waals surface area contributed by atoms with Gasteiger partial charge in [-0.25, -0.2) is 9.37 Å². The van der Waals surface area contributed by atoms with Gasteiger partial charge in [0.25, 0.3) is 0 Å². The number of hydrogen-bond acceptors (Lipinski definition) is 5. The van der Waals surface area contributed by atoms with Crippen LogP contribution in [-0.4, -0.2) is 37.4 Å². The van der Waals surface area contributed by atoms with E-state index in [0.29, 0.717) is 5.65 Å². The minimum absolute atomic E-state index is 0.00288. The SMILES string of the molecule is Nc1nc(=O)c2nc[nH]c2n1CCC(F)CO. The first-order valence-electron chi connectivity index (χ1n) is 5.07. The normalized spacial score (nSPS) is 13.1. The highest BCUT2D eigenvalue weighted by Crippen LogP contribution is 2.10. The van der Waals surface area contributed by atoms with Crippen LogP contribution in [-0.2, 0) is 6.54 Å². The molecule has 0 aliphatic rings. The van der Waals surface area contributed by atoms with Gasteiger partial charge < -0.3 is 15.8 Å². The van der Waals surface area contributed by atoms with Gasteiger partial charge in [0.2, 0.25) is 5.95 Å². The summed E-state index contributed by atoms with van der Waals surface area (Å²) in [6.07, 6.45) is 0.106. The van der Waals surface area contributed by atoms with Crippen LogP contribution in [0.5, 0.6) is 0 Å². The number of aromatic amines is 1. The Balaban J connectivity index is 2.39. The zero-order valence-electron chi connectivity index (χ0n) is 8.93. The number of halogens is 1. The molecule has 2 rings (SSSR count). The van der Waals surface area contributed by atoms with E-state index >= 15 is 0 Å². The van der Waals surface area contributed by atoms with Crippen molar-refractivity contribution in [3.8, 4) is 0 Å². The van der Waals surface area contributed by atoms with Crippen molar-refractivity contribution in [1.82, 2.24) is 19.5 Å². The number of H-pyrrole nitrogens is 1. The van der Waals surface area contributed by atoms with Crippen LogP contribution in [0.1, 0.15) is 6.42 Å². The number of aliphatic hydroxyl groups is 1. The highest BCUT2D eigenvalue weighted by Gasteiger charge is 2.12. The number of imidazole rings is 1. The molecular formula is C9H12FN5O2. The van der Waals surface area contributed by atoms with Crippen LogP contribution in [0.15, 0.2) is 11.1 Å². The predicted octanol–water partition coefficient (Wildman–Crippen LogP) is -0.578. The van der Waals surface area contributed by atoms with E-state index in [1.807, 2.05) is 0 Å². The summed E-state index contributed by atoms with van der Waals surface area (Å²) in [6.45, 7) is -0.334. The largest absolute Gasteiger partial charge is 0.393 e. The van der Waals surface area contributed by atoms with Crippen LogP contribution >= 0.6 is 0 Å². The molecule has 0 bridgehead atoms. The van der Waals surface area contributed by atoms with Crippen LogP contribution in [0.25, 0.3) is 11.2 Å². The highest BCUT2D eigenvalue weighted by molar-refractivity contribution is 5.70. The molecule has 8 heteroatoms. The lowest BCUT2D eigenvalue weighted by Crippen LogP contribution is -2.20. The lowest BCUT2D eigenvalue weighted by molar-refractivity contribution is 0.166. The molecule has 0 saturated carbocycles. The quantitative estimate of drug-likeness (QED) is 0.663. The van der Waals surface area contributed by atoms with Crippen LogP contribution in [0, 0.1) is 0 Å². The fraction of sp³-hybridized carbons (Fsp3) is 0.444. The number of aryl methyl sites for hydroxylation is 1. The van der Waals surface area contributed by atoms with Crippen LogP contribution in [0.2, 0.25) is 0 Å². The highest BCUT2D eigenvalue weighted by atomic mass is 19.1. The lowest BCUT2D eigenvalue weighted by atomic mass is 10.3. The van der Waals surface area contributed by atoms with Crippen molar-refractivity contribution in [2.45, 2.75) is 19.1 Å². The standard InChI is InChI=1S/C9H12FN5O2/c10-5(3-16)1-2-15-7-6(12-4-13-7)8(17)14-9(15)11/h4-5,16H,1-3H2,(H,12,13)(H2,11,14,17). The Morgan fingerprint density at radius 2 is 2.41 bits per heavy atom. The zero-order valence-corrected chi connectivity index (χ0v) is 8.93. The van der Waals surface area contributed by atoms with Crippen LogP contribution in [0.4, 0.5) is 10.3 Å². The number of hydrogen-bond donors (Lipinski definition) is 3. The first kappa shape index (κ1) is 11.5. The summed E-state index contributed by atoms with van der Waals surface area (Å²) in [5.74, 6) is -0.00288. The summed E-state index contributed by atoms with van der Waals surface area (Å²) in [7, 11) is 0. The Bertz CT molecular complexity index is 578. The van der Waals surface area contributed by atoms with Gasteiger partial charge in [0, 0.05) is 6.54 Å². The minimum Gasteiger partial charge on any atom is -0.393 e. The molecule has 1 unspecified atom stereocenters. The number of nitrogens with two attached hydrogens (primary N) is 1. The topological polar surface area (TPSA) is 110 Å². The molecule has 92 valence electrons. The third-order valence-corrected chi connectivity index (χ3v) is 2.45. The Kier molecular flexibility index (Phi) is 3.05. The molecule has 0 amide bonds. The van der Waals surface area contributed by atoms with E-state index in [1.165, 1.54) is 10.9 Å². The van der Waals surface area contributed by atoms with Crippen molar-refractivity contribution in [1.29, 1.82) is 0 Å². The van der Waals surface area contributed by atoms with Gasteiger partial charge in [-0.1, -0.05) is 0 Å². The Morgan fingerprint density at radius 1 is 1.65 bits per heavy atom. The molecule has 7 nitrogen and oxygen atoms in total. The van der Waals surface area contributed by atoms with E-state index in [4.69, 9.17) is 10.8 Å². The average molecular weight is 241 g/mol. The maximum absolute atomic E-state index is 12.9. The van der Waals surface area contributed by atoms with Crippen molar-refractivity contribution in [2.24, 2.45) is 0 Å². The molecule has 1 atom stereocenters. The molecule has 2 aromatic rings. The maximum Gasteiger partial charge on any atom is 0.302 e. The summed E-state index contributed by atoms with van der Waals surface area (Å²) in [5, 5.41) is 8.60. The summed E-state index contributed by atoms with van der Waals surface area (Å²) < 4.78 is 14.4. The van der Waals surface area contributed by atoms with Gasteiger partial charge in [-0.15, -0.1) is 0 Å². The van der Waals surface area contributed by atoms with E-state index in [-0.39, 0.29) is 24.4 Å². The van der Waals surface area contributed by atoms with Gasteiger partial charge in [0.15, 0.2) is 5.52 Å². The number of nitrogens with one attached hydrogen (secondary N) is 1. The van der Waals surface area contributed by atoms with E-state index in [2.05, 4.69) is 15.0 Å². The van der Waals surface area contributed by atoms with Crippen LogP contribution in [0.3, 0.4) is 0 Å². The summed E-state index contributed by atoms with van der Waals surface area (Å²) in [4.78, 5) is 21.6. The Hall–Kier alpha value is -1.96. The molecule has 0 spiro atoms. The van der Waals surface area contributed by atoms with E-state index in [9.17, 15) is 9.18 Å². The second kappa shape index (κ2) is 4.50. The molecule has 0 saturated heterocycles. The van der Waals surface area contributed by atoms with E-state index in [0.717, 1.165) is 0 Å². The number of anilines is 1. The maximum atomic E-state index is 12.9. The Labute approximate surface area is 95.1 Å². The number of nitrogens with zero attached hydrogens (tertiary/aromatic N) is 3. The summed E-state index contributed by atoms with van der Waals surface area (Å²) >= 11 is 0. The summed E-state index contributed by atoms with van der Waals surface area (Å²) in [5.41, 5.74) is 5.65. The third kappa shape index (κ3) is 2.11. The average Bonchev–Trinajstić information content (AvgIpc) is 2.77. The van der Waals surface area contributed by atoms with Gasteiger partial charge in [0.05, 0.1) is 12.9 Å². The molecular weight excluding hydrogens is 229 g/mol. The summed E-state index contributed by atoms with van der Waals surface area (Å²) in [6, 6.07) is 0. The second-order valence-corrected chi connectivity index (χ2v) is 3.60.